The minimum atomic E-state index is -1.12. The van der Waals surface area contributed by atoms with Gasteiger partial charge in [0.2, 0.25) is 5.91 Å². The van der Waals surface area contributed by atoms with E-state index >= 15 is 0 Å². The number of carboxylic acids is 1. The van der Waals surface area contributed by atoms with Gasteiger partial charge in [-0.15, -0.1) is 0 Å². The first-order valence-electron chi connectivity index (χ1n) is 5.43. The molecule has 7 heteroatoms. The average molecular weight is 263 g/mol. The van der Waals surface area contributed by atoms with Crippen LogP contribution in [-0.2, 0) is 9.59 Å². The van der Waals surface area contributed by atoms with Crippen molar-refractivity contribution in [3.05, 3.63) is 35.7 Å². The minimum absolute atomic E-state index is 0.0267. The van der Waals surface area contributed by atoms with Crippen molar-refractivity contribution >= 4 is 23.9 Å². The van der Waals surface area contributed by atoms with Crippen LogP contribution in [0.4, 0.5) is 0 Å². The molecule has 2 amide bonds. The number of hydrogen-bond acceptors (Lipinski definition) is 4. The molecule has 1 aromatic heterocycles. The summed E-state index contributed by atoms with van der Waals surface area (Å²) in [4.78, 5) is 36.6. The number of amides is 2. The Morgan fingerprint density at radius 1 is 1.42 bits per heavy atom. The Morgan fingerprint density at radius 2 is 2.16 bits per heavy atom. The number of aliphatic carboxylic acids is 1. The third kappa shape index (κ3) is 4.99. The summed E-state index contributed by atoms with van der Waals surface area (Å²) in [7, 11) is 0. The number of carbonyl (C=O) groups excluding carboxylic acids is 2. The number of nitrogens with zero attached hydrogens (tertiary/aromatic N) is 1. The van der Waals surface area contributed by atoms with Gasteiger partial charge in [0.1, 0.15) is 5.69 Å². The first-order chi connectivity index (χ1) is 9.00. The molecule has 100 valence electrons. The number of primary amides is 1. The second-order valence-electron chi connectivity index (χ2n) is 3.59. The van der Waals surface area contributed by atoms with Gasteiger partial charge in [-0.2, -0.15) is 0 Å². The summed E-state index contributed by atoms with van der Waals surface area (Å²) in [6.07, 6.45) is 3.63. The van der Waals surface area contributed by atoms with Crippen molar-refractivity contribution in [1.82, 2.24) is 10.3 Å². The second kappa shape index (κ2) is 6.90. The predicted octanol–water partition coefficient (Wildman–Crippen LogP) is -0.215. The normalized spacial score (nSPS) is 10.3. The molecule has 0 aliphatic carbocycles. The lowest BCUT2D eigenvalue weighted by molar-refractivity contribution is -0.131. The fourth-order valence-electron chi connectivity index (χ4n) is 1.29. The van der Waals surface area contributed by atoms with E-state index < -0.39 is 17.8 Å². The highest BCUT2D eigenvalue weighted by Crippen LogP contribution is 2.07. The molecule has 0 saturated heterocycles. The predicted molar refractivity (Wildman–Crippen MR) is 67.1 cm³/mol. The Balaban J connectivity index is 2.79. The van der Waals surface area contributed by atoms with Gasteiger partial charge in [-0.25, -0.2) is 4.79 Å². The van der Waals surface area contributed by atoms with E-state index in [2.05, 4.69) is 10.3 Å². The maximum Gasteiger partial charge on any atom is 0.328 e. The first kappa shape index (κ1) is 14.4. The Kier molecular flexibility index (Phi) is 5.21. The summed E-state index contributed by atoms with van der Waals surface area (Å²) >= 11 is 0. The lowest BCUT2D eigenvalue weighted by Gasteiger charge is -2.05. The van der Waals surface area contributed by atoms with E-state index in [9.17, 15) is 14.4 Å². The van der Waals surface area contributed by atoms with Crippen molar-refractivity contribution in [2.45, 2.75) is 6.42 Å². The zero-order valence-corrected chi connectivity index (χ0v) is 10.00. The highest BCUT2D eigenvalue weighted by atomic mass is 16.4. The fourth-order valence-corrected chi connectivity index (χ4v) is 1.29. The van der Waals surface area contributed by atoms with Crippen LogP contribution in [0, 0.1) is 0 Å². The summed E-state index contributed by atoms with van der Waals surface area (Å²) in [6, 6.07) is 3.15. The maximum absolute atomic E-state index is 11.8. The third-order valence-electron chi connectivity index (χ3n) is 2.12. The van der Waals surface area contributed by atoms with E-state index in [0.717, 1.165) is 6.08 Å². The fraction of sp³-hybridized carbons (Fsp3) is 0.167. The molecule has 19 heavy (non-hydrogen) atoms. The molecule has 0 fully saturated rings. The number of pyridine rings is 1. The number of aromatic nitrogens is 1. The molecule has 4 N–H and O–H groups in total. The monoisotopic (exact) mass is 263 g/mol. The van der Waals surface area contributed by atoms with Gasteiger partial charge in [0.05, 0.1) is 0 Å². The number of hydrogen-bond donors (Lipinski definition) is 3. The molecule has 0 unspecified atom stereocenters. The van der Waals surface area contributed by atoms with Gasteiger partial charge in [0, 0.05) is 30.8 Å². The third-order valence-corrected chi connectivity index (χ3v) is 2.12. The van der Waals surface area contributed by atoms with Crippen LogP contribution >= 0.6 is 0 Å². The number of carbonyl (C=O) groups is 3. The van der Waals surface area contributed by atoms with Gasteiger partial charge in [-0.1, -0.05) is 6.07 Å². The van der Waals surface area contributed by atoms with E-state index in [1.807, 2.05) is 0 Å². The van der Waals surface area contributed by atoms with Crippen LogP contribution in [0.5, 0.6) is 0 Å². The van der Waals surface area contributed by atoms with Crippen molar-refractivity contribution in [3.63, 3.8) is 0 Å². The maximum atomic E-state index is 11.8. The van der Waals surface area contributed by atoms with Crippen LogP contribution in [0.25, 0.3) is 6.08 Å². The number of rotatable bonds is 6. The van der Waals surface area contributed by atoms with Gasteiger partial charge in [0.15, 0.2) is 0 Å². The molecule has 1 rings (SSSR count). The van der Waals surface area contributed by atoms with Crippen LogP contribution in [0.1, 0.15) is 22.5 Å². The van der Waals surface area contributed by atoms with E-state index in [4.69, 9.17) is 10.8 Å². The minimum Gasteiger partial charge on any atom is -0.478 e. The highest BCUT2D eigenvalue weighted by Gasteiger charge is 2.10. The molecule has 0 radical (unpaired) electrons. The van der Waals surface area contributed by atoms with Crippen LogP contribution in [0.3, 0.4) is 0 Å². The van der Waals surface area contributed by atoms with Crippen molar-refractivity contribution in [2.75, 3.05) is 6.54 Å². The summed E-state index contributed by atoms with van der Waals surface area (Å²) < 4.78 is 0. The zero-order chi connectivity index (χ0) is 14.3. The summed E-state index contributed by atoms with van der Waals surface area (Å²) in [5.41, 5.74) is 5.41. The Bertz CT molecular complexity index is 525. The SMILES string of the molecule is NC(=O)CCNC(=O)c1ncccc1/C=C/C(=O)O. The van der Waals surface area contributed by atoms with Crippen molar-refractivity contribution in [1.29, 1.82) is 0 Å². The lowest BCUT2D eigenvalue weighted by atomic mass is 10.1. The highest BCUT2D eigenvalue weighted by molar-refractivity contribution is 5.97. The molecule has 0 bridgehead atoms. The summed E-state index contributed by atoms with van der Waals surface area (Å²) in [6.45, 7) is 0.104. The van der Waals surface area contributed by atoms with Gasteiger partial charge in [-0.05, 0) is 12.1 Å². The van der Waals surface area contributed by atoms with Crippen LogP contribution in [-0.4, -0.2) is 34.4 Å². The van der Waals surface area contributed by atoms with Crippen LogP contribution in [0.2, 0.25) is 0 Å². The van der Waals surface area contributed by atoms with Crippen molar-refractivity contribution < 1.29 is 19.5 Å². The van der Waals surface area contributed by atoms with E-state index in [0.29, 0.717) is 5.56 Å². The molecular formula is C12H13N3O4. The summed E-state index contributed by atoms with van der Waals surface area (Å²) in [5.74, 6) is -2.14. The summed E-state index contributed by atoms with van der Waals surface area (Å²) in [5, 5.41) is 11.0. The quantitative estimate of drug-likeness (QED) is 0.612. The van der Waals surface area contributed by atoms with Crippen molar-refractivity contribution in [2.24, 2.45) is 5.73 Å². The van der Waals surface area contributed by atoms with Gasteiger partial charge < -0.3 is 16.2 Å². The Morgan fingerprint density at radius 3 is 2.79 bits per heavy atom. The van der Waals surface area contributed by atoms with Crippen LogP contribution < -0.4 is 11.1 Å². The first-order valence-corrected chi connectivity index (χ1v) is 5.43. The molecule has 0 spiro atoms. The van der Waals surface area contributed by atoms with Gasteiger partial charge in [-0.3, -0.25) is 14.6 Å². The largest absolute Gasteiger partial charge is 0.478 e. The molecule has 0 atom stereocenters. The topological polar surface area (TPSA) is 122 Å². The second-order valence-corrected chi connectivity index (χ2v) is 3.59. The molecule has 0 aromatic carbocycles. The van der Waals surface area contributed by atoms with Crippen molar-refractivity contribution in [3.8, 4) is 0 Å². The molecule has 1 aromatic rings. The number of nitrogens with two attached hydrogens (primary N) is 1. The standard InChI is InChI=1S/C12H13N3O4/c13-9(16)5-7-15-12(19)11-8(2-1-6-14-11)3-4-10(17)18/h1-4,6H,5,7H2,(H2,13,16)(H,15,19)(H,17,18)/b4-3+. The van der Waals surface area contributed by atoms with E-state index in [1.165, 1.54) is 12.3 Å². The smallest absolute Gasteiger partial charge is 0.328 e. The Hall–Kier alpha value is -2.70. The average Bonchev–Trinajstić information content (AvgIpc) is 2.36. The van der Waals surface area contributed by atoms with Crippen LogP contribution in [0.15, 0.2) is 24.4 Å². The number of nitrogens with one attached hydrogen (secondary N) is 1. The van der Waals surface area contributed by atoms with E-state index in [1.54, 1.807) is 12.1 Å². The Labute approximate surface area is 109 Å². The molecular weight excluding hydrogens is 250 g/mol. The molecule has 7 nitrogen and oxygen atoms in total. The van der Waals surface area contributed by atoms with Gasteiger partial charge in [0.25, 0.3) is 5.91 Å². The van der Waals surface area contributed by atoms with Gasteiger partial charge >= 0.3 is 5.97 Å². The zero-order valence-electron chi connectivity index (χ0n) is 10.00. The number of carboxylic acid groups (broad SMARTS) is 1. The molecule has 0 aliphatic rings. The molecule has 0 saturated carbocycles. The van der Waals surface area contributed by atoms with E-state index in [-0.39, 0.29) is 18.7 Å². The molecule has 1 heterocycles. The lowest BCUT2D eigenvalue weighted by Crippen LogP contribution is -2.29. The molecule has 0 aliphatic heterocycles.